The lowest BCUT2D eigenvalue weighted by Gasteiger charge is -2.37. The van der Waals surface area contributed by atoms with Crippen LogP contribution in [0.4, 0.5) is 5.69 Å². The number of unbranched alkanes of at least 4 members (excludes halogenated alkanes) is 1. The van der Waals surface area contributed by atoms with Gasteiger partial charge in [-0.1, -0.05) is 53.2 Å². The Morgan fingerprint density at radius 1 is 1.09 bits per heavy atom. The highest BCUT2D eigenvalue weighted by atomic mass is 32.2. The molecule has 0 bridgehead atoms. The molecule has 5 N–H and O–H groups in total. The predicted octanol–water partition coefficient (Wildman–Crippen LogP) is 4.69. The maximum absolute atomic E-state index is 13.4. The molecule has 0 aliphatic carbocycles. The zero-order valence-corrected chi connectivity index (χ0v) is 27.2. The van der Waals surface area contributed by atoms with Gasteiger partial charge in [0.05, 0.1) is 5.92 Å². The fourth-order valence-corrected chi connectivity index (χ4v) is 6.21. The van der Waals surface area contributed by atoms with Crippen molar-refractivity contribution in [2.24, 2.45) is 11.8 Å². The van der Waals surface area contributed by atoms with E-state index < -0.39 is 35.4 Å². The first-order valence-corrected chi connectivity index (χ1v) is 16.3. The minimum Gasteiger partial charge on any atom is -0.481 e. The van der Waals surface area contributed by atoms with Crippen LogP contribution in [0.2, 0.25) is 0 Å². The van der Waals surface area contributed by atoms with E-state index in [9.17, 15) is 24.3 Å². The number of benzene rings is 1. The predicted molar refractivity (Wildman–Crippen MR) is 171 cm³/mol. The smallest absolute Gasteiger partial charge is 0.306 e. The van der Waals surface area contributed by atoms with Gasteiger partial charge >= 0.3 is 11.9 Å². The van der Waals surface area contributed by atoms with E-state index in [2.05, 4.69) is 31.4 Å². The molecule has 0 saturated carbocycles. The topological polar surface area (TPSA) is 151 Å². The molecule has 240 valence electrons. The number of carboxylic acids is 1. The van der Waals surface area contributed by atoms with Crippen LogP contribution in [0.1, 0.15) is 85.6 Å². The largest absolute Gasteiger partial charge is 0.481 e. The van der Waals surface area contributed by atoms with Gasteiger partial charge in [-0.15, -0.1) is 11.8 Å². The van der Waals surface area contributed by atoms with Gasteiger partial charge in [0.15, 0.2) is 0 Å². The van der Waals surface area contributed by atoms with Gasteiger partial charge in [-0.25, -0.2) is 0 Å². The molecular formula is C32H50N4O6S. The number of ether oxygens (including phenoxy) is 1. The summed E-state index contributed by atoms with van der Waals surface area (Å²) in [6, 6.07) is 6.70. The lowest BCUT2D eigenvalue weighted by atomic mass is 9.94. The van der Waals surface area contributed by atoms with Gasteiger partial charge in [-0.3, -0.25) is 19.2 Å². The SMILES string of the molecule is CCCCC(=O)N(CCC)C(CC(OC(C)=O)C1NC(C(=O)NC(Cc2ccc(N)cc2)CC(C)C(=O)O)=CS1)C(C)C. The first-order chi connectivity index (χ1) is 20.4. The van der Waals surface area contributed by atoms with E-state index in [-0.39, 0.29) is 30.2 Å². The molecule has 5 unspecified atom stereocenters. The van der Waals surface area contributed by atoms with Crippen molar-refractivity contribution < 1.29 is 29.0 Å². The van der Waals surface area contributed by atoms with Crippen LogP contribution in [0, 0.1) is 11.8 Å². The summed E-state index contributed by atoms with van der Waals surface area (Å²) in [6.45, 7) is 11.8. The summed E-state index contributed by atoms with van der Waals surface area (Å²) >= 11 is 1.36. The molecule has 5 atom stereocenters. The van der Waals surface area contributed by atoms with Crippen molar-refractivity contribution in [3.05, 3.63) is 40.9 Å². The molecule has 43 heavy (non-hydrogen) atoms. The van der Waals surface area contributed by atoms with Gasteiger partial charge < -0.3 is 31.1 Å². The average Bonchev–Trinajstić information content (AvgIpc) is 3.44. The molecule has 0 spiro atoms. The molecule has 1 aromatic carbocycles. The number of hydrogen-bond donors (Lipinski definition) is 4. The van der Waals surface area contributed by atoms with Crippen molar-refractivity contribution in [2.75, 3.05) is 12.3 Å². The van der Waals surface area contributed by atoms with Gasteiger partial charge in [0.1, 0.15) is 17.2 Å². The van der Waals surface area contributed by atoms with Crippen LogP contribution in [-0.4, -0.2) is 63.9 Å². The third kappa shape index (κ3) is 11.8. The lowest BCUT2D eigenvalue weighted by Crippen LogP contribution is -2.49. The number of esters is 1. The summed E-state index contributed by atoms with van der Waals surface area (Å²) < 4.78 is 5.78. The van der Waals surface area contributed by atoms with Crippen LogP contribution >= 0.6 is 11.8 Å². The number of nitrogens with one attached hydrogen (secondary N) is 2. The first kappa shape index (κ1) is 36.0. The van der Waals surface area contributed by atoms with Gasteiger partial charge in [0, 0.05) is 49.5 Å². The van der Waals surface area contributed by atoms with E-state index in [1.54, 1.807) is 24.5 Å². The number of anilines is 1. The number of nitrogens with two attached hydrogens (primary N) is 1. The maximum atomic E-state index is 13.4. The molecule has 1 aromatic rings. The van der Waals surface area contributed by atoms with Crippen molar-refractivity contribution in [1.82, 2.24) is 15.5 Å². The summed E-state index contributed by atoms with van der Waals surface area (Å²) in [7, 11) is 0. The fraction of sp³-hybridized carbons (Fsp3) is 0.625. The van der Waals surface area contributed by atoms with Crippen molar-refractivity contribution >= 4 is 41.2 Å². The third-order valence-corrected chi connectivity index (χ3v) is 8.65. The van der Waals surface area contributed by atoms with E-state index in [0.717, 1.165) is 24.8 Å². The Bertz CT molecular complexity index is 1110. The number of amides is 2. The maximum Gasteiger partial charge on any atom is 0.306 e. The van der Waals surface area contributed by atoms with Gasteiger partial charge in [0.2, 0.25) is 5.91 Å². The minimum atomic E-state index is -0.931. The Balaban J connectivity index is 2.18. The van der Waals surface area contributed by atoms with Crippen molar-refractivity contribution in [1.29, 1.82) is 0 Å². The zero-order valence-electron chi connectivity index (χ0n) is 26.4. The second-order valence-corrected chi connectivity index (χ2v) is 12.7. The Labute approximate surface area is 260 Å². The van der Waals surface area contributed by atoms with E-state index in [4.69, 9.17) is 10.5 Å². The first-order valence-electron chi connectivity index (χ1n) is 15.3. The monoisotopic (exact) mass is 618 g/mol. The molecular weight excluding hydrogens is 568 g/mol. The average molecular weight is 619 g/mol. The van der Waals surface area contributed by atoms with Crippen LogP contribution in [-0.2, 0) is 30.3 Å². The van der Waals surface area contributed by atoms with Gasteiger partial charge in [0.25, 0.3) is 5.91 Å². The van der Waals surface area contributed by atoms with Gasteiger partial charge in [-0.05, 0) is 49.3 Å². The summed E-state index contributed by atoms with van der Waals surface area (Å²) in [6.07, 6.45) is 3.59. The highest BCUT2D eigenvalue weighted by Gasteiger charge is 2.36. The second kappa shape index (κ2) is 17.8. The molecule has 1 aliphatic heterocycles. The van der Waals surface area contributed by atoms with Gasteiger partial charge in [-0.2, -0.15) is 0 Å². The van der Waals surface area contributed by atoms with Crippen LogP contribution in [0.15, 0.2) is 35.4 Å². The summed E-state index contributed by atoms with van der Waals surface area (Å²) in [4.78, 5) is 52.2. The quantitative estimate of drug-likeness (QED) is 0.136. The van der Waals surface area contributed by atoms with Crippen molar-refractivity contribution in [3.63, 3.8) is 0 Å². The molecule has 2 amide bonds. The number of nitrogen functional groups attached to an aromatic ring is 1. The Morgan fingerprint density at radius 3 is 2.33 bits per heavy atom. The third-order valence-electron chi connectivity index (χ3n) is 7.56. The number of rotatable bonds is 18. The normalized spacial score (nSPS) is 17.3. The molecule has 0 saturated heterocycles. The molecule has 0 fully saturated rings. The standard InChI is InChI=1S/C32H50N4O6S/c1-7-9-10-29(38)36(15-8-2)27(20(3)4)18-28(42-22(6)37)31-35-26(19-43-31)30(39)34-25(16-21(5)32(40)41)17-23-11-13-24(33)14-12-23/h11-14,19-21,25,27-28,31,35H,7-10,15-18,33H2,1-6H3,(H,34,39)(H,40,41). The molecule has 11 heteroatoms. The number of carbonyl (C=O) groups excluding carboxylic acids is 3. The number of carboxylic acid groups (broad SMARTS) is 1. The number of thioether (sulfide) groups is 1. The highest BCUT2D eigenvalue weighted by Crippen LogP contribution is 2.30. The molecule has 1 aliphatic rings. The highest BCUT2D eigenvalue weighted by molar-refractivity contribution is 8.03. The fourth-order valence-electron chi connectivity index (χ4n) is 5.22. The van der Waals surface area contributed by atoms with Crippen LogP contribution in [0.5, 0.6) is 0 Å². The second-order valence-electron chi connectivity index (χ2n) is 11.7. The van der Waals surface area contributed by atoms with E-state index in [1.807, 2.05) is 24.0 Å². The Kier molecular flexibility index (Phi) is 14.9. The summed E-state index contributed by atoms with van der Waals surface area (Å²) in [5, 5.41) is 17.0. The van der Waals surface area contributed by atoms with E-state index >= 15 is 0 Å². The van der Waals surface area contributed by atoms with E-state index in [0.29, 0.717) is 37.2 Å². The van der Waals surface area contributed by atoms with Crippen LogP contribution in [0.25, 0.3) is 0 Å². The molecule has 0 aromatic heterocycles. The molecule has 1 heterocycles. The molecule has 10 nitrogen and oxygen atoms in total. The minimum absolute atomic E-state index is 0.108. The van der Waals surface area contributed by atoms with Crippen LogP contribution in [0.3, 0.4) is 0 Å². The number of aliphatic carboxylic acids is 1. The van der Waals surface area contributed by atoms with Crippen LogP contribution < -0.4 is 16.4 Å². The Hall–Kier alpha value is -3.21. The molecule has 2 rings (SSSR count). The van der Waals surface area contributed by atoms with Crippen molar-refractivity contribution in [3.8, 4) is 0 Å². The molecule has 0 radical (unpaired) electrons. The van der Waals surface area contributed by atoms with Crippen molar-refractivity contribution in [2.45, 2.75) is 110 Å². The number of carbonyl (C=O) groups is 4. The number of hydrogen-bond acceptors (Lipinski definition) is 8. The zero-order chi connectivity index (χ0) is 32.1. The summed E-state index contributed by atoms with van der Waals surface area (Å²) in [5.41, 5.74) is 7.68. The summed E-state index contributed by atoms with van der Waals surface area (Å²) in [5.74, 6) is -2.14. The van der Waals surface area contributed by atoms with E-state index in [1.165, 1.54) is 18.7 Å². The Morgan fingerprint density at radius 2 is 1.77 bits per heavy atom. The lowest BCUT2D eigenvalue weighted by molar-refractivity contribution is -0.148. The number of nitrogens with zero attached hydrogens (tertiary/aromatic N) is 1.